The first kappa shape index (κ1) is 21.9. The zero-order chi connectivity index (χ0) is 20.7. The second-order valence-electron chi connectivity index (χ2n) is 7.36. The van der Waals surface area contributed by atoms with E-state index in [9.17, 15) is 9.18 Å². The summed E-state index contributed by atoms with van der Waals surface area (Å²) in [6, 6.07) is 14.1. The molecule has 0 aromatic heterocycles. The lowest BCUT2D eigenvalue weighted by molar-refractivity contribution is -0.125. The third-order valence-corrected chi connectivity index (χ3v) is 5.32. The lowest BCUT2D eigenvalue weighted by Crippen LogP contribution is -2.44. The van der Waals surface area contributed by atoms with Crippen molar-refractivity contribution in [2.75, 3.05) is 26.7 Å². The van der Waals surface area contributed by atoms with E-state index in [0.717, 1.165) is 30.0 Å². The molecule has 0 heterocycles. The van der Waals surface area contributed by atoms with Crippen molar-refractivity contribution in [3.05, 3.63) is 65.5 Å². The predicted octanol–water partition coefficient (Wildman–Crippen LogP) is 4.31. The molecule has 0 aliphatic heterocycles. The number of hydrogen-bond acceptors (Lipinski definition) is 3. The summed E-state index contributed by atoms with van der Waals surface area (Å²) in [4.78, 5) is 15.3. The Morgan fingerprint density at radius 2 is 1.79 bits per heavy atom. The fraction of sp³-hybridized carbons (Fsp3) is 0.435. The first-order valence-corrected chi connectivity index (χ1v) is 9.75. The minimum atomic E-state index is -0.754. The van der Waals surface area contributed by atoms with Gasteiger partial charge in [0.1, 0.15) is 11.6 Å². The van der Waals surface area contributed by atoms with Crippen LogP contribution in [0.1, 0.15) is 44.9 Å². The van der Waals surface area contributed by atoms with Gasteiger partial charge in [0.2, 0.25) is 5.91 Å². The highest BCUT2D eigenvalue weighted by atomic mass is 19.1. The normalized spacial score (nSPS) is 12.7. The van der Waals surface area contributed by atoms with Crippen LogP contribution in [0, 0.1) is 5.82 Å². The molecule has 0 fully saturated rings. The molecule has 152 valence electrons. The minimum Gasteiger partial charge on any atom is -0.497 e. The second-order valence-corrected chi connectivity index (χ2v) is 7.36. The Labute approximate surface area is 167 Å². The van der Waals surface area contributed by atoms with Crippen LogP contribution in [0.5, 0.6) is 5.75 Å². The molecule has 1 N–H and O–H groups in total. The van der Waals surface area contributed by atoms with Crippen LogP contribution >= 0.6 is 0 Å². The Morgan fingerprint density at radius 3 is 2.36 bits per heavy atom. The molecule has 0 saturated heterocycles. The monoisotopic (exact) mass is 386 g/mol. The first-order chi connectivity index (χ1) is 13.3. The Morgan fingerprint density at radius 1 is 1.14 bits per heavy atom. The lowest BCUT2D eigenvalue weighted by atomic mass is 9.83. The van der Waals surface area contributed by atoms with Gasteiger partial charge < -0.3 is 10.1 Å². The van der Waals surface area contributed by atoms with Gasteiger partial charge in [0.15, 0.2) is 0 Å². The number of hydrogen-bond donors (Lipinski definition) is 1. The van der Waals surface area contributed by atoms with E-state index in [0.29, 0.717) is 6.54 Å². The van der Waals surface area contributed by atoms with Crippen molar-refractivity contribution in [3.63, 3.8) is 0 Å². The molecule has 2 aromatic rings. The van der Waals surface area contributed by atoms with Crippen molar-refractivity contribution in [3.8, 4) is 5.75 Å². The summed E-state index contributed by atoms with van der Waals surface area (Å²) in [7, 11) is 1.65. The van der Waals surface area contributed by atoms with E-state index in [-0.39, 0.29) is 17.8 Å². The number of benzene rings is 2. The molecule has 1 unspecified atom stereocenters. The van der Waals surface area contributed by atoms with E-state index in [1.165, 1.54) is 12.1 Å². The topological polar surface area (TPSA) is 41.6 Å². The fourth-order valence-corrected chi connectivity index (χ4v) is 3.38. The Kier molecular flexibility index (Phi) is 7.58. The van der Waals surface area contributed by atoms with Gasteiger partial charge in [-0.25, -0.2) is 4.39 Å². The maximum absolute atomic E-state index is 13.2. The average Bonchev–Trinajstić information content (AvgIpc) is 2.71. The zero-order valence-electron chi connectivity index (χ0n) is 17.5. The molecule has 4 nitrogen and oxygen atoms in total. The van der Waals surface area contributed by atoms with Crippen molar-refractivity contribution in [1.82, 2.24) is 10.2 Å². The van der Waals surface area contributed by atoms with Gasteiger partial charge in [0.05, 0.1) is 18.6 Å². The second kappa shape index (κ2) is 9.69. The largest absolute Gasteiger partial charge is 0.497 e. The third-order valence-electron chi connectivity index (χ3n) is 5.32. The maximum atomic E-state index is 13.2. The molecule has 0 spiro atoms. The van der Waals surface area contributed by atoms with Crippen molar-refractivity contribution < 1.29 is 13.9 Å². The smallest absolute Gasteiger partial charge is 0.230 e. The minimum absolute atomic E-state index is 0.0399. The van der Waals surface area contributed by atoms with Gasteiger partial charge in [-0.3, -0.25) is 9.69 Å². The van der Waals surface area contributed by atoms with Crippen LogP contribution in [-0.4, -0.2) is 37.6 Å². The number of ether oxygens (including phenoxy) is 1. The van der Waals surface area contributed by atoms with E-state index in [2.05, 4.69) is 30.1 Å². The third kappa shape index (κ3) is 5.10. The number of likely N-dealkylation sites (N-methyl/N-ethyl adjacent to an activating group) is 1. The van der Waals surface area contributed by atoms with Gasteiger partial charge in [-0.1, -0.05) is 38.1 Å². The van der Waals surface area contributed by atoms with Crippen LogP contribution in [0.3, 0.4) is 0 Å². The lowest BCUT2D eigenvalue weighted by Gasteiger charge is -2.32. The number of rotatable bonds is 9. The van der Waals surface area contributed by atoms with Crippen molar-refractivity contribution >= 4 is 5.91 Å². The number of nitrogens with one attached hydrogen (secondary N) is 1. The van der Waals surface area contributed by atoms with Crippen molar-refractivity contribution in [2.24, 2.45) is 0 Å². The van der Waals surface area contributed by atoms with Gasteiger partial charge in [0.25, 0.3) is 0 Å². The number of nitrogens with zero attached hydrogens (tertiary/aromatic N) is 1. The molecule has 1 amide bonds. The molecular weight excluding hydrogens is 355 g/mol. The van der Waals surface area contributed by atoms with E-state index in [4.69, 9.17) is 4.74 Å². The molecular formula is C23H31FN2O2. The highest BCUT2D eigenvalue weighted by Gasteiger charge is 2.30. The van der Waals surface area contributed by atoms with Crippen molar-refractivity contribution in [1.29, 1.82) is 0 Å². The Balaban J connectivity index is 2.19. The van der Waals surface area contributed by atoms with Gasteiger partial charge in [-0.15, -0.1) is 0 Å². The van der Waals surface area contributed by atoms with E-state index in [1.807, 2.05) is 32.0 Å². The molecule has 28 heavy (non-hydrogen) atoms. The number of carbonyl (C=O) groups is 1. The zero-order valence-corrected chi connectivity index (χ0v) is 17.5. The van der Waals surface area contributed by atoms with E-state index in [1.54, 1.807) is 19.2 Å². The Bertz CT molecular complexity index is 770. The molecule has 0 bridgehead atoms. The molecule has 0 aliphatic rings. The summed E-state index contributed by atoms with van der Waals surface area (Å²) < 4.78 is 18.6. The summed E-state index contributed by atoms with van der Waals surface area (Å²) in [5.74, 6) is 0.409. The highest BCUT2D eigenvalue weighted by Crippen LogP contribution is 2.26. The molecule has 2 rings (SSSR count). The van der Waals surface area contributed by atoms with Crippen LogP contribution in [0.4, 0.5) is 4.39 Å². The summed E-state index contributed by atoms with van der Waals surface area (Å²) in [5, 5.41) is 3.11. The van der Waals surface area contributed by atoms with Gasteiger partial charge >= 0.3 is 0 Å². The van der Waals surface area contributed by atoms with Crippen LogP contribution in [0.15, 0.2) is 48.5 Å². The Hall–Kier alpha value is -2.40. The van der Waals surface area contributed by atoms with Crippen molar-refractivity contribution in [2.45, 2.75) is 39.2 Å². The van der Waals surface area contributed by atoms with E-state index < -0.39 is 5.41 Å². The maximum Gasteiger partial charge on any atom is 0.230 e. The summed E-state index contributed by atoms with van der Waals surface area (Å²) in [6.07, 6.45) is 0. The molecule has 5 heteroatoms. The quantitative estimate of drug-likeness (QED) is 0.698. The average molecular weight is 387 g/mol. The van der Waals surface area contributed by atoms with Crippen LogP contribution in [0.25, 0.3) is 0 Å². The van der Waals surface area contributed by atoms with Gasteiger partial charge in [-0.2, -0.15) is 0 Å². The molecule has 0 radical (unpaired) electrons. The SMILES string of the molecule is CCN(CC)C(CNC(=O)C(C)(C)c1ccc(F)cc1)c1cccc(OC)c1. The van der Waals surface area contributed by atoms with Crippen LogP contribution in [0.2, 0.25) is 0 Å². The molecule has 0 aliphatic carbocycles. The highest BCUT2D eigenvalue weighted by molar-refractivity contribution is 5.87. The van der Waals surface area contributed by atoms with Gasteiger partial charge in [0, 0.05) is 6.54 Å². The molecule has 1 atom stereocenters. The standard InChI is InChI=1S/C23H31FN2O2/c1-6-26(7-2)21(17-9-8-10-20(15-17)28-5)16-25-22(27)23(3,4)18-11-13-19(24)14-12-18/h8-15,21H,6-7,16H2,1-5H3,(H,25,27). The summed E-state index contributed by atoms with van der Waals surface area (Å²) in [5.41, 5.74) is 1.13. The summed E-state index contributed by atoms with van der Waals surface area (Å²) in [6.45, 7) is 10.2. The predicted molar refractivity (Wildman–Crippen MR) is 111 cm³/mol. The molecule has 0 saturated carbocycles. The van der Waals surface area contributed by atoms with E-state index >= 15 is 0 Å². The molecule has 2 aromatic carbocycles. The van der Waals surface area contributed by atoms with Crippen LogP contribution < -0.4 is 10.1 Å². The van der Waals surface area contributed by atoms with Crippen LogP contribution in [-0.2, 0) is 10.2 Å². The van der Waals surface area contributed by atoms with Gasteiger partial charge in [-0.05, 0) is 62.3 Å². The first-order valence-electron chi connectivity index (χ1n) is 9.75. The number of carbonyl (C=O) groups excluding carboxylic acids is 1. The fourth-order valence-electron chi connectivity index (χ4n) is 3.38. The number of methoxy groups -OCH3 is 1. The number of halogens is 1. The number of amides is 1. The summed E-state index contributed by atoms with van der Waals surface area (Å²) >= 11 is 0.